The number of piperidine rings is 1. The van der Waals surface area contributed by atoms with Gasteiger partial charge in [0.2, 0.25) is 5.91 Å². The highest BCUT2D eigenvalue weighted by Crippen LogP contribution is 2.29. The summed E-state index contributed by atoms with van der Waals surface area (Å²) >= 11 is 0. The van der Waals surface area contributed by atoms with Gasteiger partial charge in [0.25, 0.3) is 0 Å². The van der Waals surface area contributed by atoms with Gasteiger partial charge in [-0.3, -0.25) is 4.79 Å². The Balaban J connectivity index is 1.97. The van der Waals surface area contributed by atoms with Crippen LogP contribution in [-0.2, 0) is 9.53 Å². The molecule has 0 aromatic heterocycles. The Morgan fingerprint density at radius 2 is 1.96 bits per heavy atom. The molecule has 0 bridgehead atoms. The molecule has 1 aliphatic rings. The Labute approximate surface area is 137 Å². The van der Waals surface area contributed by atoms with E-state index in [0.717, 1.165) is 24.9 Å². The van der Waals surface area contributed by atoms with E-state index in [1.165, 1.54) is 7.11 Å². The summed E-state index contributed by atoms with van der Waals surface area (Å²) in [7, 11) is 1.36. The van der Waals surface area contributed by atoms with E-state index < -0.39 is 0 Å². The van der Waals surface area contributed by atoms with Crippen molar-refractivity contribution in [3.8, 4) is 0 Å². The zero-order valence-corrected chi connectivity index (χ0v) is 14.3. The van der Waals surface area contributed by atoms with Crippen molar-refractivity contribution >= 4 is 11.9 Å². The molecule has 2 atom stereocenters. The topological polar surface area (TPSA) is 67.4 Å². The molecule has 2 unspecified atom stereocenters. The Bertz CT molecular complexity index is 566. The van der Waals surface area contributed by atoms with E-state index in [2.05, 4.69) is 29.2 Å². The van der Waals surface area contributed by atoms with Gasteiger partial charge in [0.05, 0.1) is 24.8 Å². The Morgan fingerprint density at radius 3 is 2.52 bits per heavy atom. The van der Waals surface area contributed by atoms with Gasteiger partial charge >= 0.3 is 5.97 Å². The molecule has 1 aliphatic heterocycles. The zero-order chi connectivity index (χ0) is 17.0. The second-order valence-corrected chi connectivity index (χ2v) is 6.97. The van der Waals surface area contributed by atoms with Crippen LogP contribution in [0.3, 0.4) is 0 Å². The number of benzene rings is 1. The number of esters is 1. The molecule has 0 saturated carbocycles. The van der Waals surface area contributed by atoms with Crippen LogP contribution in [0.25, 0.3) is 0 Å². The van der Waals surface area contributed by atoms with E-state index >= 15 is 0 Å². The van der Waals surface area contributed by atoms with Crippen LogP contribution in [0.15, 0.2) is 24.3 Å². The lowest BCUT2D eigenvalue weighted by molar-refractivity contribution is -0.125. The fourth-order valence-corrected chi connectivity index (χ4v) is 2.92. The molecule has 23 heavy (non-hydrogen) atoms. The molecule has 1 heterocycles. The quantitative estimate of drug-likeness (QED) is 0.837. The first kappa shape index (κ1) is 17.5. The summed E-state index contributed by atoms with van der Waals surface area (Å²) in [5.74, 6) is -0.329. The van der Waals surface area contributed by atoms with Gasteiger partial charge in [-0.15, -0.1) is 0 Å². The predicted molar refractivity (Wildman–Crippen MR) is 89.1 cm³/mol. The number of carbonyl (C=O) groups excluding carboxylic acids is 2. The molecule has 1 aromatic rings. The van der Waals surface area contributed by atoms with E-state index in [9.17, 15) is 9.59 Å². The zero-order valence-electron chi connectivity index (χ0n) is 14.3. The first-order valence-corrected chi connectivity index (χ1v) is 8.04. The van der Waals surface area contributed by atoms with Gasteiger partial charge in [-0.05, 0) is 49.4 Å². The van der Waals surface area contributed by atoms with Crippen molar-refractivity contribution in [3.63, 3.8) is 0 Å². The minimum atomic E-state index is -0.359. The largest absolute Gasteiger partial charge is 0.465 e. The summed E-state index contributed by atoms with van der Waals surface area (Å²) in [6.07, 6.45) is 1.92. The van der Waals surface area contributed by atoms with Crippen molar-refractivity contribution in [1.82, 2.24) is 10.6 Å². The van der Waals surface area contributed by atoms with Crippen molar-refractivity contribution in [2.75, 3.05) is 13.7 Å². The van der Waals surface area contributed by atoms with E-state index in [1.807, 2.05) is 19.1 Å². The van der Waals surface area contributed by atoms with Crippen LogP contribution >= 0.6 is 0 Å². The third kappa shape index (κ3) is 4.55. The summed E-state index contributed by atoms with van der Waals surface area (Å²) in [4.78, 5) is 23.9. The fourth-order valence-electron chi connectivity index (χ4n) is 2.92. The molecule has 1 saturated heterocycles. The van der Waals surface area contributed by atoms with Crippen LogP contribution in [0.5, 0.6) is 0 Å². The number of hydrogen-bond acceptors (Lipinski definition) is 4. The van der Waals surface area contributed by atoms with Gasteiger partial charge in [-0.1, -0.05) is 26.0 Å². The highest BCUT2D eigenvalue weighted by atomic mass is 16.5. The van der Waals surface area contributed by atoms with Gasteiger partial charge in [0, 0.05) is 0 Å². The number of methoxy groups -OCH3 is 1. The van der Waals surface area contributed by atoms with Crippen molar-refractivity contribution in [3.05, 3.63) is 35.4 Å². The van der Waals surface area contributed by atoms with Crippen molar-refractivity contribution in [2.24, 2.45) is 5.41 Å². The fraction of sp³-hybridized carbons (Fsp3) is 0.556. The van der Waals surface area contributed by atoms with Crippen molar-refractivity contribution in [2.45, 2.75) is 45.7 Å². The molecular formula is C18H26N2O3. The second kappa shape index (κ2) is 7.13. The van der Waals surface area contributed by atoms with Crippen LogP contribution in [0.1, 0.15) is 55.6 Å². The number of hydrogen-bond donors (Lipinski definition) is 2. The summed E-state index contributed by atoms with van der Waals surface area (Å²) in [6.45, 7) is 7.21. The van der Waals surface area contributed by atoms with Crippen LogP contribution in [0, 0.1) is 5.41 Å². The number of carbonyl (C=O) groups is 2. The molecule has 0 radical (unpaired) electrons. The molecule has 0 aliphatic carbocycles. The van der Waals surface area contributed by atoms with E-state index in [1.54, 1.807) is 12.1 Å². The lowest BCUT2D eigenvalue weighted by Crippen LogP contribution is -2.51. The predicted octanol–water partition coefficient (Wildman–Crippen LogP) is 2.43. The molecule has 0 spiro atoms. The SMILES string of the molecule is COC(=O)c1ccc(C(C)NC(=O)C2CC(C)(C)CCN2)cc1. The molecule has 1 amide bonds. The average Bonchev–Trinajstić information content (AvgIpc) is 2.53. The van der Waals surface area contributed by atoms with E-state index in [4.69, 9.17) is 0 Å². The lowest BCUT2D eigenvalue weighted by atomic mass is 9.79. The second-order valence-electron chi connectivity index (χ2n) is 6.97. The monoisotopic (exact) mass is 318 g/mol. The number of ether oxygens (including phenoxy) is 1. The third-order valence-corrected chi connectivity index (χ3v) is 4.46. The van der Waals surface area contributed by atoms with Gasteiger partial charge in [0.15, 0.2) is 0 Å². The molecule has 1 aromatic carbocycles. The standard InChI is InChI=1S/C18H26N2O3/c1-12(13-5-7-14(8-6-13)17(22)23-4)20-16(21)15-11-18(2,3)9-10-19-15/h5-8,12,15,19H,9-11H2,1-4H3,(H,20,21). The molecule has 5 nitrogen and oxygen atoms in total. The maximum atomic E-state index is 12.4. The maximum absolute atomic E-state index is 12.4. The third-order valence-electron chi connectivity index (χ3n) is 4.46. The van der Waals surface area contributed by atoms with Crippen LogP contribution in [0.2, 0.25) is 0 Å². The normalized spacial score (nSPS) is 21.3. The Hall–Kier alpha value is -1.88. The molecule has 5 heteroatoms. The molecule has 2 N–H and O–H groups in total. The molecule has 1 fully saturated rings. The van der Waals surface area contributed by atoms with Crippen molar-refractivity contribution in [1.29, 1.82) is 0 Å². The minimum Gasteiger partial charge on any atom is -0.465 e. The first-order valence-electron chi connectivity index (χ1n) is 8.04. The summed E-state index contributed by atoms with van der Waals surface area (Å²) in [5.41, 5.74) is 1.66. The van der Waals surface area contributed by atoms with Gasteiger partial charge in [-0.25, -0.2) is 4.79 Å². The summed E-state index contributed by atoms with van der Waals surface area (Å²) < 4.78 is 4.68. The lowest BCUT2D eigenvalue weighted by Gasteiger charge is -2.35. The molecule has 126 valence electrons. The Morgan fingerprint density at radius 1 is 1.30 bits per heavy atom. The summed E-state index contributed by atoms with van der Waals surface area (Å²) in [6, 6.07) is 6.86. The maximum Gasteiger partial charge on any atom is 0.337 e. The van der Waals surface area contributed by atoms with E-state index in [-0.39, 0.29) is 29.4 Å². The van der Waals surface area contributed by atoms with Crippen LogP contribution in [0.4, 0.5) is 0 Å². The van der Waals surface area contributed by atoms with Crippen LogP contribution < -0.4 is 10.6 Å². The van der Waals surface area contributed by atoms with Gasteiger partial charge in [0.1, 0.15) is 0 Å². The number of amides is 1. The summed E-state index contributed by atoms with van der Waals surface area (Å²) in [5, 5.41) is 6.34. The molecule has 2 rings (SSSR count). The molecular weight excluding hydrogens is 292 g/mol. The number of nitrogens with one attached hydrogen (secondary N) is 2. The van der Waals surface area contributed by atoms with E-state index in [0.29, 0.717) is 5.56 Å². The minimum absolute atomic E-state index is 0.0299. The van der Waals surface area contributed by atoms with Gasteiger partial charge < -0.3 is 15.4 Å². The Kier molecular flexibility index (Phi) is 5.42. The first-order chi connectivity index (χ1) is 10.8. The average molecular weight is 318 g/mol. The van der Waals surface area contributed by atoms with Crippen LogP contribution in [-0.4, -0.2) is 31.6 Å². The van der Waals surface area contributed by atoms with Crippen molar-refractivity contribution < 1.29 is 14.3 Å². The van der Waals surface area contributed by atoms with Gasteiger partial charge in [-0.2, -0.15) is 0 Å². The smallest absolute Gasteiger partial charge is 0.337 e. The highest BCUT2D eigenvalue weighted by Gasteiger charge is 2.32. The highest BCUT2D eigenvalue weighted by molar-refractivity contribution is 5.89. The number of rotatable bonds is 4.